The monoisotopic (exact) mass is 584 g/mol. The van der Waals surface area contributed by atoms with Crippen LogP contribution in [0.4, 0.5) is 0 Å². The summed E-state index contributed by atoms with van der Waals surface area (Å²) >= 11 is 2.27. The van der Waals surface area contributed by atoms with Gasteiger partial charge in [0, 0.05) is 37.2 Å². The molecule has 11 heteroatoms. The summed E-state index contributed by atoms with van der Waals surface area (Å²) in [5.74, 6) is -0.145. The Morgan fingerprint density at radius 2 is 1.72 bits per heavy atom. The summed E-state index contributed by atoms with van der Waals surface area (Å²) in [6.07, 6.45) is 4.78. The number of phosphoric acid groups is 1. The normalized spacial score (nSPS) is 13.9. The van der Waals surface area contributed by atoms with E-state index in [1.807, 2.05) is 0 Å². The van der Waals surface area contributed by atoms with Crippen LogP contribution in [0.15, 0.2) is 24.3 Å². The molecule has 0 spiro atoms. The summed E-state index contributed by atoms with van der Waals surface area (Å²) in [5, 5.41) is 5.63. The molecule has 0 radical (unpaired) electrons. The number of rotatable bonds is 17. The van der Waals surface area contributed by atoms with Crippen molar-refractivity contribution in [2.24, 2.45) is 0 Å². The number of unbranched alkanes of at least 4 members (excludes halogenated alkanes) is 2. The molecule has 1 aromatic rings. The number of hydrogen-bond acceptors (Lipinski definition) is 6. The fourth-order valence-corrected chi connectivity index (χ4v) is 3.71. The van der Waals surface area contributed by atoms with Crippen LogP contribution in [0.2, 0.25) is 0 Å². The summed E-state index contributed by atoms with van der Waals surface area (Å²) in [7, 11) is -1.57. The maximum Gasteiger partial charge on any atom is 0.471 e. The molecular weight excluding hydrogens is 550 g/mol. The third-order valence-electron chi connectivity index (χ3n) is 4.59. The summed E-state index contributed by atoms with van der Waals surface area (Å²) in [4.78, 5) is 33.3. The molecule has 0 aliphatic rings. The highest BCUT2D eigenvalue weighted by atomic mass is 127. The Morgan fingerprint density at radius 1 is 1.03 bits per heavy atom. The largest absolute Gasteiger partial charge is 0.471 e. The summed E-state index contributed by atoms with van der Waals surface area (Å²) in [6.45, 7) is 0.537. The van der Waals surface area contributed by atoms with Crippen molar-refractivity contribution < 1.29 is 32.8 Å². The van der Waals surface area contributed by atoms with Gasteiger partial charge in [-0.1, -0.05) is 18.6 Å². The summed E-state index contributed by atoms with van der Waals surface area (Å²) in [5.41, 5.74) is 1.24. The second kappa shape index (κ2) is 16.6. The minimum absolute atomic E-state index is 0.0490. The highest BCUT2D eigenvalue weighted by Gasteiger charge is 2.22. The van der Waals surface area contributed by atoms with Gasteiger partial charge >= 0.3 is 7.82 Å². The molecule has 0 heterocycles. The lowest BCUT2D eigenvalue weighted by atomic mass is 10.1. The van der Waals surface area contributed by atoms with Crippen LogP contribution in [-0.2, 0) is 34.4 Å². The van der Waals surface area contributed by atoms with Crippen molar-refractivity contribution in [1.29, 1.82) is 0 Å². The summed E-state index contributed by atoms with van der Waals surface area (Å²) in [6, 6.07) is 7.75. The first-order chi connectivity index (χ1) is 15.3. The minimum Gasteiger partial charge on any atom is -0.382 e. The van der Waals surface area contributed by atoms with E-state index in [0.29, 0.717) is 25.8 Å². The smallest absolute Gasteiger partial charge is 0.382 e. The maximum absolute atomic E-state index is 12.1. The SMILES string of the molecule is COC[C@@H](COP(=O)(O)OC)NC(=O)CCCCCNC(=O)CCCc1ccc(I)cc1. The molecule has 1 rings (SSSR count). The van der Waals surface area contributed by atoms with Gasteiger partial charge in [-0.3, -0.25) is 18.6 Å². The van der Waals surface area contributed by atoms with Crippen molar-refractivity contribution in [2.45, 2.75) is 51.0 Å². The van der Waals surface area contributed by atoms with E-state index in [0.717, 1.165) is 32.8 Å². The molecule has 0 aliphatic heterocycles. The van der Waals surface area contributed by atoms with Crippen molar-refractivity contribution in [2.75, 3.05) is 34.0 Å². The molecule has 3 N–H and O–H groups in total. The molecule has 0 aliphatic carbocycles. The van der Waals surface area contributed by atoms with Gasteiger partial charge in [0.15, 0.2) is 0 Å². The Kier molecular flexibility index (Phi) is 15.0. The van der Waals surface area contributed by atoms with Crippen LogP contribution in [0.5, 0.6) is 0 Å². The average molecular weight is 584 g/mol. The number of carbonyl (C=O) groups excluding carboxylic acids is 2. The van der Waals surface area contributed by atoms with Gasteiger partial charge in [0.05, 0.1) is 19.3 Å². The van der Waals surface area contributed by atoms with Crippen LogP contribution in [-0.4, -0.2) is 56.7 Å². The third-order valence-corrected chi connectivity index (χ3v) is 6.24. The molecule has 0 fully saturated rings. The Labute approximate surface area is 203 Å². The predicted octanol–water partition coefficient (Wildman–Crippen LogP) is 3.19. The average Bonchev–Trinajstić information content (AvgIpc) is 2.76. The predicted molar refractivity (Wildman–Crippen MR) is 130 cm³/mol. The molecule has 32 heavy (non-hydrogen) atoms. The van der Waals surface area contributed by atoms with Gasteiger partial charge in [-0.25, -0.2) is 4.57 Å². The number of amides is 2. The number of hydrogen-bond donors (Lipinski definition) is 3. The quantitative estimate of drug-likeness (QED) is 0.146. The molecule has 0 saturated heterocycles. The number of halogens is 1. The fourth-order valence-electron chi connectivity index (χ4n) is 2.88. The van der Waals surface area contributed by atoms with Crippen molar-refractivity contribution in [3.63, 3.8) is 0 Å². The number of aryl methyl sites for hydroxylation is 1. The number of benzene rings is 1. The van der Waals surface area contributed by atoms with Crippen molar-refractivity contribution in [1.82, 2.24) is 10.6 Å². The van der Waals surface area contributed by atoms with Crippen LogP contribution in [0.1, 0.15) is 44.1 Å². The highest BCUT2D eigenvalue weighted by Crippen LogP contribution is 2.41. The third kappa shape index (κ3) is 14.2. The van der Waals surface area contributed by atoms with Gasteiger partial charge in [-0.05, 0) is 66.0 Å². The Balaban J connectivity index is 2.10. The molecule has 9 nitrogen and oxygen atoms in total. The lowest BCUT2D eigenvalue weighted by molar-refractivity contribution is -0.123. The lowest BCUT2D eigenvalue weighted by Gasteiger charge is -2.19. The molecule has 0 aromatic heterocycles. The molecule has 0 saturated carbocycles. The zero-order valence-electron chi connectivity index (χ0n) is 18.7. The van der Waals surface area contributed by atoms with E-state index in [9.17, 15) is 19.0 Å². The van der Waals surface area contributed by atoms with Crippen LogP contribution < -0.4 is 10.6 Å². The lowest BCUT2D eigenvalue weighted by Crippen LogP contribution is -2.41. The van der Waals surface area contributed by atoms with Gasteiger partial charge in [-0.15, -0.1) is 0 Å². The molecule has 1 unspecified atom stereocenters. The van der Waals surface area contributed by atoms with Gasteiger partial charge < -0.3 is 20.3 Å². The van der Waals surface area contributed by atoms with E-state index in [4.69, 9.17) is 9.26 Å². The van der Waals surface area contributed by atoms with Gasteiger partial charge in [0.2, 0.25) is 11.8 Å². The van der Waals surface area contributed by atoms with E-state index in [2.05, 4.69) is 62.0 Å². The van der Waals surface area contributed by atoms with E-state index in [1.165, 1.54) is 16.2 Å². The molecule has 182 valence electrons. The number of carbonyl (C=O) groups is 2. The van der Waals surface area contributed by atoms with Crippen molar-refractivity contribution in [3.8, 4) is 0 Å². The van der Waals surface area contributed by atoms with Crippen LogP contribution in [0, 0.1) is 3.57 Å². The zero-order valence-corrected chi connectivity index (χ0v) is 21.7. The zero-order chi connectivity index (χ0) is 23.8. The first kappa shape index (κ1) is 29.0. The van der Waals surface area contributed by atoms with E-state index in [1.54, 1.807) is 0 Å². The van der Waals surface area contributed by atoms with E-state index in [-0.39, 0.29) is 25.0 Å². The second-order valence-electron chi connectivity index (χ2n) is 7.31. The van der Waals surface area contributed by atoms with E-state index >= 15 is 0 Å². The van der Waals surface area contributed by atoms with Crippen LogP contribution in [0.25, 0.3) is 0 Å². The highest BCUT2D eigenvalue weighted by molar-refractivity contribution is 14.1. The molecule has 0 bridgehead atoms. The Hall–Kier alpha value is -1.04. The Morgan fingerprint density at radius 3 is 2.38 bits per heavy atom. The number of methoxy groups -OCH3 is 1. The van der Waals surface area contributed by atoms with Crippen molar-refractivity contribution in [3.05, 3.63) is 33.4 Å². The van der Waals surface area contributed by atoms with Crippen LogP contribution in [0.3, 0.4) is 0 Å². The first-order valence-electron chi connectivity index (χ1n) is 10.6. The fraction of sp³-hybridized carbons (Fsp3) is 0.619. The van der Waals surface area contributed by atoms with Crippen LogP contribution >= 0.6 is 30.4 Å². The van der Waals surface area contributed by atoms with Gasteiger partial charge in [0.25, 0.3) is 0 Å². The van der Waals surface area contributed by atoms with Gasteiger partial charge in [0.1, 0.15) is 0 Å². The van der Waals surface area contributed by atoms with Crippen molar-refractivity contribution >= 4 is 42.2 Å². The number of nitrogens with one attached hydrogen (secondary N) is 2. The standard InChI is InChI=1S/C21H34IN2O7P/c1-29-15-19(16-31-32(27,28)30-2)24-21(26)8-4-3-5-14-23-20(25)9-6-7-17-10-12-18(22)13-11-17/h10-13,19H,3-9,14-16H2,1-2H3,(H,23,25)(H,24,26)(H,27,28)/t19-/m0/s1. The number of phosphoric ester groups is 1. The summed E-state index contributed by atoms with van der Waals surface area (Å²) < 4.78 is 26.7. The molecule has 1 aromatic carbocycles. The second-order valence-corrected chi connectivity index (χ2v) is 10.1. The molecule has 2 atom stereocenters. The maximum atomic E-state index is 12.1. The molecule has 2 amide bonds. The first-order valence-corrected chi connectivity index (χ1v) is 13.2. The molecular formula is C21H34IN2O7P. The minimum atomic E-state index is -4.10. The Bertz CT molecular complexity index is 733. The van der Waals surface area contributed by atoms with Gasteiger partial charge in [-0.2, -0.15) is 0 Å². The van der Waals surface area contributed by atoms with E-state index < -0.39 is 13.9 Å². The topological polar surface area (TPSA) is 123 Å². The number of ether oxygens (including phenoxy) is 1.